The maximum Gasteiger partial charge on any atom is 0.331 e. The summed E-state index contributed by atoms with van der Waals surface area (Å²) in [5.74, 6) is -1.77. The zero-order valence-electron chi connectivity index (χ0n) is 24.6. The fourth-order valence-electron chi connectivity index (χ4n) is 4.30. The van der Waals surface area contributed by atoms with E-state index in [1.165, 1.54) is 89.9 Å². The van der Waals surface area contributed by atoms with E-state index in [1.54, 1.807) is 0 Å². The molecule has 0 saturated heterocycles. The first-order valence-electron chi connectivity index (χ1n) is 15.5. The number of rotatable bonds is 28. The highest BCUT2D eigenvalue weighted by Gasteiger charge is 2.08. The standard InChI is InChI=1S/C32H56O6/c1-3-5-7-9-11-13-15-17-19-21-23-29(33)27-37-31(35)25-26-32(36)38-28-30(34)24-22-20-18-16-14-12-10-8-6-4-2/h25-26H,3-24,27-28H2,1-2H3/b26-25+. The topological polar surface area (TPSA) is 86.7 Å². The number of ketones is 2. The molecule has 6 nitrogen and oxygen atoms in total. The molecule has 0 amide bonds. The monoisotopic (exact) mass is 536 g/mol. The second kappa shape index (κ2) is 28.0. The second-order valence-electron chi connectivity index (χ2n) is 10.5. The summed E-state index contributed by atoms with van der Waals surface area (Å²) in [4.78, 5) is 47.2. The predicted molar refractivity (Wildman–Crippen MR) is 154 cm³/mol. The van der Waals surface area contributed by atoms with E-state index in [-0.39, 0.29) is 24.8 Å². The van der Waals surface area contributed by atoms with Gasteiger partial charge in [0.1, 0.15) is 13.2 Å². The first-order valence-corrected chi connectivity index (χ1v) is 15.5. The third-order valence-corrected chi connectivity index (χ3v) is 6.72. The minimum absolute atomic E-state index is 0.119. The van der Waals surface area contributed by atoms with Gasteiger partial charge >= 0.3 is 11.9 Å². The van der Waals surface area contributed by atoms with Gasteiger partial charge in [0.2, 0.25) is 0 Å². The highest BCUT2D eigenvalue weighted by atomic mass is 16.5. The Kier molecular flexibility index (Phi) is 26.6. The van der Waals surface area contributed by atoms with Gasteiger partial charge in [-0.2, -0.15) is 0 Å². The van der Waals surface area contributed by atoms with Crippen LogP contribution in [0.3, 0.4) is 0 Å². The maximum atomic E-state index is 11.9. The SMILES string of the molecule is CCCCCCCCCCCCC(=O)COC(=O)/C=C/C(=O)OCC(=O)CCCCCCCCCCCC. The largest absolute Gasteiger partial charge is 0.455 e. The number of ether oxygens (including phenoxy) is 2. The molecule has 6 heteroatoms. The summed E-state index contributed by atoms with van der Waals surface area (Å²) in [6, 6.07) is 0. The molecule has 0 aromatic carbocycles. The van der Waals surface area contributed by atoms with Crippen molar-refractivity contribution in [1.82, 2.24) is 0 Å². The number of Topliss-reactive ketones (excluding diaryl/α,β-unsaturated/α-hetero) is 2. The molecule has 0 aromatic heterocycles. The lowest BCUT2D eigenvalue weighted by Gasteiger charge is -2.04. The number of hydrogen-bond acceptors (Lipinski definition) is 6. The molecule has 38 heavy (non-hydrogen) atoms. The van der Waals surface area contributed by atoms with Crippen molar-refractivity contribution in [3.63, 3.8) is 0 Å². The van der Waals surface area contributed by atoms with E-state index in [0.717, 1.165) is 50.7 Å². The van der Waals surface area contributed by atoms with Crippen LogP contribution in [-0.2, 0) is 28.7 Å². The fourth-order valence-corrected chi connectivity index (χ4v) is 4.30. The van der Waals surface area contributed by atoms with Crippen molar-refractivity contribution in [2.45, 2.75) is 155 Å². The van der Waals surface area contributed by atoms with Crippen LogP contribution in [0.5, 0.6) is 0 Å². The molecule has 0 aromatic rings. The van der Waals surface area contributed by atoms with Crippen molar-refractivity contribution in [2.24, 2.45) is 0 Å². The molecule has 0 atom stereocenters. The zero-order valence-corrected chi connectivity index (χ0v) is 24.6. The van der Waals surface area contributed by atoms with Crippen LogP contribution in [0.25, 0.3) is 0 Å². The van der Waals surface area contributed by atoms with Crippen LogP contribution in [0.1, 0.15) is 155 Å². The Morgan fingerprint density at radius 2 is 0.684 bits per heavy atom. The zero-order chi connectivity index (χ0) is 28.1. The fraction of sp³-hybridized carbons (Fsp3) is 0.812. The van der Waals surface area contributed by atoms with Crippen LogP contribution in [0.2, 0.25) is 0 Å². The molecule has 0 saturated carbocycles. The Balaban J connectivity index is 3.64. The van der Waals surface area contributed by atoms with Crippen LogP contribution >= 0.6 is 0 Å². The van der Waals surface area contributed by atoms with E-state index in [2.05, 4.69) is 13.8 Å². The summed E-state index contributed by atoms with van der Waals surface area (Å²) < 4.78 is 9.78. The highest BCUT2D eigenvalue weighted by molar-refractivity contribution is 5.93. The molecule has 0 unspecified atom stereocenters. The normalized spacial score (nSPS) is 11.1. The van der Waals surface area contributed by atoms with Crippen LogP contribution in [0.15, 0.2) is 12.2 Å². The van der Waals surface area contributed by atoms with Gasteiger partial charge in [-0.05, 0) is 12.8 Å². The van der Waals surface area contributed by atoms with Crippen LogP contribution in [0, 0.1) is 0 Å². The van der Waals surface area contributed by atoms with E-state index in [1.807, 2.05) is 0 Å². The van der Waals surface area contributed by atoms with E-state index < -0.39 is 11.9 Å². The molecule has 0 bridgehead atoms. The van der Waals surface area contributed by atoms with E-state index >= 15 is 0 Å². The number of hydrogen-bond donors (Lipinski definition) is 0. The molecular weight excluding hydrogens is 480 g/mol. The average Bonchev–Trinajstić information content (AvgIpc) is 2.91. The molecule has 0 radical (unpaired) electrons. The third-order valence-electron chi connectivity index (χ3n) is 6.72. The van der Waals surface area contributed by atoms with Crippen LogP contribution in [-0.4, -0.2) is 36.7 Å². The Bertz CT molecular complexity index is 586. The van der Waals surface area contributed by atoms with Gasteiger partial charge in [0.25, 0.3) is 0 Å². The van der Waals surface area contributed by atoms with Gasteiger partial charge in [-0.3, -0.25) is 9.59 Å². The molecule has 0 heterocycles. The van der Waals surface area contributed by atoms with Gasteiger partial charge in [0, 0.05) is 25.0 Å². The molecular formula is C32H56O6. The number of carbonyl (C=O) groups is 4. The van der Waals surface area contributed by atoms with Crippen molar-refractivity contribution >= 4 is 23.5 Å². The molecule has 0 aliphatic heterocycles. The minimum Gasteiger partial charge on any atom is -0.455 e. The van der Waals surface area contributed by atoms with E-state index in [0.29, 0.717) is 12.8 Å². The summed E-state index contributed by atoms with van der Waals surface area (Å²) in [7, 11) is 0. The van der Waals surface area contributed by atoms with Gasteiger partial charge in [-0.1, -0.05) is 129 Å². The molecule has 0 N–H and O–H groups in total. The lowest BCUT2D eigenvalue weighted by Crippen LogP contribution is -2.14. The Morgan fingerprint density at radius 3 is 0.974 bits per heavy atom. The average molecular weight is 537 g/mol. The first-order chi connectivity index (χ1) is 18.5. The first kappa shape index (κ1) is 36.0. The predicted octanol–water partition coefficient (Wildman–Crippen LogP) is 8.39. The summed E-state index contributed by atoms with van der Waals surface area (Å²) in [6.07, 6.45) is 26.6. The molecule has 0 aliphatic carbocycles. The van der Waals surface area contributed by atoms with Crippen molar-refractivity contribution in [2.75, 3.05) is 13.2 Å². The molecule has 0 fully saturated rings. The molecule has 0 spiro atoms. The summed E-state index contributed by atoms with van der Waals surface area (Å²) >= 11 is 0. The lowest BCUT2D eigenvalue weighted by molar-refractivity contribution is -0.144. The smallest absolute Gasteiger partial charge is 0.331 e. The van der Waals surface area contributed by atoms with Gasteiger partial charge in [-0.15, -0.1) is 0 Å². The molecule has 0 aliphatic rings. The summed E-state index contributed by atoms with van der Waals surface area (Å²) in [5.41, 5.74) is 0. The number of unbranched alkanes of at least 4 members (excludes halogenated alkanes) is 18. The van der Waals surface area contributed by atoms with Gasteiger partial charge in [0.15, 0.2) is 11.6 Å². The Labute approximate surface area is 232 Å². The van der Waals surface area contributed by atoms with Crippen molar-refractivity contribution in [3.05, 3.63) is 12.2 Å². The third kappa shape index (κ3) is 27.1. The van der Waals surface area contributed by atoms with E-state index in [4.69, 9.17) is 9.47 Å². The summed E-state index contributed by atoms with van der Waals surface area (Å²) in [5, 5.41) is 0. The van der Waals surface area contributed by atoms with Crippen molar-refractivity contribution in [1.29, 1.82) is 0 Å². The Morgan fingerprint density at radius 1 is 0.421 bits per heavy atom. The Hall–Kier alpha value is -1.98. The van der Waals surface area contributed by atoms with E-state index in [9.17, 15) is 19.2 Å². The summed E-state index contributed by atoms with van der Waals surface area (Å²) in [6.45, 7) is 3.88. The molecule has 220 valence electrons. The lowest BCUT2D eigenvalue weighted by atomic mass is 10.1. The quantitative estimate of drug-likeness (QED) is 0.0567. The van der Waals surface area contributed by atoms with Gasteiger partial charge in [-0.25, -0.2) is 9.59 Å². The minimum atomic E-state index is -0.768. The molecule has 0 rings (SSSR count). The van der Waals surface area contributed by atoms with Crippen molar-refractivity contribution in [3.8, 4) is 0 Å². The maximum absolute atomic E-state index is 11.9. The second-order valence-corrected chi connectivity index (χ2v) is 10.5. The van der Waals surface area contributed by atoms with Crippen molar-refractivity contribution < 1.29 is 28.7 Å². The van der Waals surface area contributed by atoms with Crippen LogP contribution < -0.4 is 0 Å². The van der Waals surface area contributed by atoms with Crippen LogP contribution in [0.4, 0.5) is 0 Å². The van der Waals surface area contributed by atoms with Gasteiger partial charge in [0.05, 0.1) is 0 Å². The highest BCUT2D eigenvalue weighted by Crippen LogP contribution is 2.12. The van der Waals surface area contributed by atoms with Gasteiger partial charge < -0.3 is 9.47 Å². The number of carbonyl (C=O) groups excluding carboxylic acids is 4. The number of esters is 2.